The maximum atomic E-state index is 14.3. The summed E-state index contributed by atoms with van der Waals surface area (Å²) in [6.45, 7) is 3.19. The van der Waals surface area contributed by atoms with E-state index in [4.69, 9.17) is 4.74 Å². The average molecular weight is 400 g/mol. The molecule has 1 atom stereocenters. The predicted molar refractivity (Wildman–Crippen MR) is 106 cm³/mol. The highest BCUT2D eigenvalue weighted by Gasteiger charge is 2.23. The molecule has 0 radical (unpaired) electrons. The summed E-state index contributed by atoms with van der Waals surface area (Å²) in [6.07, 6.45) is 2.68. The highest BCUT2D eigenvalue weighted by atomic mass is 32.2. The van der Waals surface area contributed by atoms with Gasteiger partial charge in [-0.25, -0.2) is 16.8 Å². The molecule has 3 aromatic rings. The standard InChI is InChI=1S/C21H21FN2O3S/c1-15-11-21(19-7-2-3-8-20(19)22)24(14-15)28(25,26)18-6-4-5-16(12-18)23-13-17-9-10-27-17/h2-8,11-12,14,17,23H,9-10,13H2,1H3. The third kappa shape index (κ3) is 3.55. The Kier molecular flexibility index (Phi) is 4.95. The van der Waals surface area contributed by atoms with E-state index in [2.05, 4.69) is 5.32 Å². The number of benzene rings is 2. The SMILES string of the molecule is Cc1cc(-c2ccccc2F)n(S(=O)(=O)c2cccc(NCC3CCO3)c2)c1. The third-order valence-corrected chi connectivity index (χ3v) is 6.46. The van der Waals surface area contributed by atoms with Crippen LogP contribution in [-0.4, -0.2) is 31.6 Å². The quantitative estimate of drug-likeness (QED) is 0.678. The van der Waals surface area contributed by atoms with Crippen molar-refractivity contribution in [3.63, 3.8) is 0 Å². The first-order chi connectivity index (χ1) is 13.4. The van der Waals surface area contributed by atoms with Gasteiger partial charge in [-0.1, -0.05) is 18.2 Å². The third-order valence-electron chi connectivity index (χ3n) is 4.79. The number of aromatic nitrogens is 1. The highest BCUT2D eigenvalue weighted by Crippen LogP contribution is 2.29. The van der Waals surface area contributed by atoms with Gasteiger partial charge >= 0.3 is 0 Å². The molecule has 1 saturated heterocycles. The summed E-state index contributed by atoms with van der Waals surface area (Å²) in [5.74, 6) is -0.465. The zero-order valence-corrected chi connectivity index (χ0v) is 16.2. The number of hydrogen-bond donors (Lipinski definition) is 1. The van der Waals surface area contributed by atoms with Crippen LogP contribution in [0.5, 0.6) is 0 Å². The van der Waals surface area contributed by atoms with Crippen LogP contribution < -0.4 is 5.32 Å². The summed E-state index contributed by atoms with van der Waals surface area (Å²) in [5, 5.41) is 3.21. The second-order valence-corrected chi connectivity index (χ2v) is 8.69. The number of aryl methyl sites for hydroxylation is 1. The first-order valence-corrected chi connectivity index (χ1v) is 10.5. The molecule has 28 heavy (non-hydrogen) atoms. The van der Waals surface area contributed by atoms with Crippen LogP contribution in [0.2, 0.25) is 0 Å². The van der Waals surface area contributed by atoms with Gasteiger partial charge in [-0.05, 0) is 55.3 Å². The molecular formula is C21H21FN2O3S. The van der Waals surface area contributed by atoms with Gasteiger partial charge in [0.05, 0.1) is 16.7 Å². The van der Waals surface area contributed by atoms with Crippen molar-refractivity contribution in [1.82, 2.24) is 3.97 Å². The Labute approximate surface area is 163 Å². The van der Waals surface area contributed by atoms with Crippen molar-refractivity contribution in [3.05, 3.63) is 72.2 Å². The minimum atomic E-state index is -3.89. The molecule has 2 aromatic carbocycles. The van der Waals surface area contributed by atoms with E-state index < -0.39 is 15.8 Å². The lowest BCUT2D eigenvalue weighted by molar-refractivity contribution is -0.0410. The van der Waals surface area contributed by atoms with E-state index in [1.807, 2.05) is 6.07 Å². The molecule has 2 heterocycles. The summed E-state index contributed by atoms with van der Waals surface area (Å²) < 4.78 is 47.4. The van der Waals surface area contributed by atoms with Crippen molar-refractivity contribution in [2.24, 2.45) is 0 Å². The van der Waals surface area contributed by atoms with Crippen LogP contribution in [0, 0.1) is 12.7 Å². The van der Waals surface area contributed by atoms with Gasteiger partial charge in [-0.15, -0.1) is 0 Å². The molecule has 0 saturated carbocycles. The predicted octanol–water partition coefficient (Wildman–Crippen LogP) is 4.04. The Morgan fingerprint density at radius 3 is 2.68 bits per heavy atom. The van der Waals surface area contributed by atoms with Crippen LogP contribution in [0.25, 0.3) is 11.3 Å². The summed E-state index contributed by atoms with van der Waals surface area (Å²) in [6, 6.07) is 14.5. The molecule has 1 aromatic heterocycles. The second-order valence-electron chi connectivity index (χ2n) is 6.87. The number of anilines is 1. The minimum absolute atomic E-state index is 0.139. The molecule has 1 unspecified atom stereocenters. The lowest BCUT2D eigenvalue weighted by Crippen LogP contribution is -2.33. The maximum absolute atomic E-state index is 14.3. The zero-order chi connectivity index (χ0) is 19.7. The van der Waals surface area contributed by atoms with Crippen LogP contribution in [0.3, 0.4) is 0 Å². The van der Waals surface area contributed by atoms with E-state index >= 15 is 0 Å². The van der Waals surface area contributed by atoms with Crippen LogP contribution in [-0.2, 0) is 14.8 Å². The van der Waals surface area contributed by atoms with Gasteiger partial charge in [-0.2, -0.15) is 0 Å². The van der Waals surface area contributed by atoms with Crippen LogP contribution in [0.4, 0.5) is 10.1 Å². The smallest absolute Gasteiger partial charge is 0.268 e. The summed E-state index contributed by atoms with van der Waals surface area (Å²) in [5.41, 5.74) is 1.98. The van der Waals surface area contributed by atoms with Crippen molar-refractivity contribution in [1.29, 1.82) is 0 Å². The van der Waals surface area contributed by atoms with Crippen molar-refractivity contribution in [3.8, 4) is 11.3 Å². The van der Waals surface area contributed by atoms with Gasteiger partial charge in [0.2, 0.25) is 0 Å². The van der Waals surface area contributed by atoms with Gasteiger partial charge in [0.15, 0.2) is 0 Å². The number of rotatable bonds is 6. The summed E-state index contributed by atoms with van der Waals surface area (Å²) >= 11 is 0. The van der Waals surface area contributed by atoms with Gasteiger partial charge in [-0.3, -0.25) is 0 Å². The normalized spacial score (nSPS) is 16.6. The molecule has 5 nitrogen and oxygen atoms in total. The van der Waals surface area contributed by atoms with Crippen molar-refractivity contribution < 1.29 is 17.5 Å². The van der Waals surface area contributed by atoms with E-state index in [9.17, 15) is 12.8 Å². The zero-order valence-electron chi connectivity index (χ0n) is 15.4. The number of hydrogen-bond acceptors (Lipinski definition) is 4. The molecule has 0 bridgehead atoms. The van der Waals surface area contributed by atoms with Gasteiger partial charge < -0.3 is 10.1 Å². The Morgan fingerprint density at radius 2 is 1.96 bits per heavy atom. The second kappa shape index (κ2) is 7.41. The molecule has 4 rings (SSSR count). The Bertz CT molecular complexity index is 1100. The van der Waals surface area contributed by atoms with E-state index in [0.717, 1.165) is 22.6 Å². The van der Waals surface area contributed by atoms with Crippen molar-refractivity contribution in [2.45, 2.75) is 24.3 Å². The molecule has 0 spiro atoms. The van der Waals surface area contributed by atoms with Gasteiger partial charge in [0.25, 0.3) is 10.0 Å². The lowest BCUT2D eigenvalue weighted by atomic mass is 10.1. The van der Waals surface area contributed by atoms with Gasteiger partial charge in [0.1, 0.15) is 5.82 Å². The molecule has 1 aliphatic rings. The number of ether oxygens (including phenoxy) is 1. The van der Waals surface area contributed by atoms with E-state index in [-0.39, 0.29) is 16.6 Å². The van der Waals surface area contributed by atoms with E-state index in [1.54, 1.807) is 49.4 Å². The average Bonchev–Trinajstić information content (AvgIpc) is 3.03. The van der Waals surface area contributed by atoms with Crippen molar-refractivity contribution in [2.75, 3.05) is 18.5 Å². The van der Waals surface area contributed by atoms with E-state index in [1.165, 1.54) is 12.3 Å². The Balaban J connectivity index is 1.70. The molecule has 146 valence electrons. The highest BCUT2D eigenvalue weighted by molar-refractivity contribution is 7.90. The van der Waals surface area contributed by atoms with Crippen LogP contribution >= 0.6 is 0 Å². The molecule has 7 heteroatoms. The topological polar surface area (TPSA) is 60.3 Å². The lowest BCUT2D eigenvalue weighted by Gasteiger charge is -2.26. The number of nitrogens with one attached hydrogen (secondary N) is 1. The summed E-state index contributed by atoms with van der Waals surface area (Å²) in [4.78, 5) is 0.139. The first kappa shape index (κ1) is 18.7. The maximum Gasteiger partial charge on any atom is 0.268 e. The largest absolute Gasteiger partial charge is 0.382 e. The Hall–Kier alpha value is -2.64. The molecule has 1 N–H and O–H groups in total. The fraction of sp³-hybridized carbons (Fsp3) is 0.238. The van der Waals surface area contributed by atoms with Gasteiger partial charge in [0, 0.05) is 30.6 Å². The van der Waals surface area contributed by atoms with E-state index in [0.29, 0.717) is 17.9 Å². The first-order valence-electron chi connectivity index (χ1n) is 9.10. The molecule has 1 aliphatic heterocycles. The minimum Gasteiger partial charge on any atom is -0.382 e. The summed E-state index contributed by atoms with van der Waals surface area (Å²) in [7, 11) is -3.89. The van der Waals surface area contributed by atoms with Crippen LogP contribution in [0.1, 0.15) is 12.0 Å². The fourth-order valence-corrected chi connectivity index (χ4v) is 4.66. The monoisotopic (exact) mass is 400 g/mol. The Morgan fingerprint density at radius 1 is 1.18 bits per heavy atom. The fourth-order valence-electron chi connectivity index (χ4n) is 3.19. The van der Waals surface area contributed by atoms with Crippen LogP contribution in [0.15, 0.2) is 65.7 Å². The molecule has 0 amide bonds. The number of halogens is 1. The van der Waals surface area contributed by atoms with Crippen molar-refractivity contribution >= 4 is 15.7 Å². The molecular weight excluding hydrogens is 379 g/mol. The molecule has 1 fully saturated rings. The number of nitrogens with zero attached hydrogens (tertiary/aromatic N) is 1. The molecule has 0 aliphatic carbocycles.